The van der Waals surface area contributed by atoms with Crippen molar-refractivity contribution >= 4 is 6.09 Å². The van der Waals surface area contributed by atoms with E-state index < -0.39 is 23.8 Å². The van der Waals surface area contributed by atoms with E-state index in [1.807, 2.05) is 6.92 Å². The SMILES string of the molecule is CCCC[C@H](NC(=O)OC(C)(C)C)[C@H](O)C#N. The molecule has 2 N–H and O–H groups in total. The van der Waals surface area contributed by atoms with Gasteiger partial charge in [-0.1, -0.05) is 19.8 Å². The van der Waals surface area contributed by atoms with Crippen LogP contribution in [0, 0.1) is 11.3 Å². The highest BCUT2D eigenvalue weighted by atomic mass is 16.6. The lowest BCUT2D eigenvalue weighted by molar-refractivity contribution is 0.0452. The number of carbonyl (C=O) groups is 1. The van der Waals surface area contributed by atoms with Crippen LogP contribution in [0.3, 0.4) is 0 Å². The van der Waals surface area contributed by atoms with Gasteiger partial charge in [-0.2, -0.15) is 5.26 Å². The number of unbranched alkanes of at least 4 members (excludes halogenated alkanes) is 1. The molecule has 0 rings (SSSR count). The molecule has 0 aromatic rings. The Morgan fingerprint density at radius 1 is 1.53 bits per heavy atom. The molecule has 0 aliphatic carbocycles. The van der Waals surface area contributed by atoms with E-state index in [1.165, 1.54) is 0 Å². The highest BCUT2D eigenvalue weighted by Crippen LogP contribution is 2.09. The molecule has 0 spiro atoms. The smallest absolute Gasteiger partial charge is 0.407 e. The summed E-state index contributed by atoms with van der Waals surface area (Å²) in [5.41, 5.74) is -0.586. The van der Waals surface area contributed by atoms with Gasteiger partial charge in [-0.05, 0) is 27.2 Å². The van der Waals surface area contributed by atoms with Crippen LogP contribution in [-0.2, 0) is 4.74 Å². The molecule has 0 aromatic carbocycles. The number of nitrogens with one attached hydrogen (secondary N) is 1. The highest BCUT2D eigenvalue weighted by Gasteiger charge is 2.23. The number of alkyl carbamates (subject to hydrolysis) is 1. The average Bonchev–Trinajstić information content (AvgIpc) is 2.20. The van der Waals surface area contributed by atoms with Gasteiger partial charge in [0.1, 0.15) is 5.60 Å². The zero-order valence-electron chi connectivity index (χ0n) is 11.0. The summed E-state index contributed by atoms with van der Waals surface area (Å²) in [4.78, 5) is 11.5. The first-order valence-corrected chi connectivity index (χ1v) is 5.87. The Hall–Kier alpha value is -1.28. The molecule has 1 amide bonds. The molecule has 0 aromatic heterocycles. The lowest BCUT2D eigenvalue weighted by atomic mass is 10.1. The zero-order valence-corrected chi connectivity index (χ0v) is 11.0. The number of ether oxygens (including phenoxy) is 1. The minimum absolute atomic E-state index is 0.560. The molecule has 0 saturated heterocycles. The number of nitrogens with zero attached hydrogens (tertiary/aromatic N) is 1. The number of amides is 1. The third kappa shape index (κ3) is 7.58. The van der Waals surface area contributed by atoms with Gasteiger partial charge in [-0.3, -0.25) is 0 Å². The van der Waals surface area contributed by atoms with Crippen molar-refractivity contribution in [3.8, 4) is 6.07 Å². The van der Waals surface area contributed by atoms with Crippen molar-refractivity contribution in [3.05, 3.63) is 0 Å². The van der Waals surface area contributed by atoms with Gasteiger partial charge in [0, 0.05) is 0 Å². The number of aliphatic hydroxyl groups excluding tert-OH is 1. The summed E-state index contributed by atoms with van der Waals surface area (Å²) >= 11 is 0. The third-order valence-corrected chi connectivity index (χ3v) is 2.08. The van der Waals surface area contributed by atoms with Crippen molar-refractivity contribution in [2.24, 2.45) is 0 Å². The van der Waals surface area contributed by atoms with Gasteiger partial charge < -0.3 is 15.2 Å². The first-order valence-electron chi connectivity index (χ1n) is 5.87. The number of hydrogen-bond acceptors (Lipinski definition) is 4. The zero-order chi connectivity index (χ0) is 13.5. The first-order chi connectivity index (χ1) is 7.80. The summed E-state index contributed by atoms with van der Waals surface area (Å²) in [6.45, 7) is 7.28. The van der Waals surface area contributed by atoms with Crippen LogP contribution in [0.25, 0.3) is 0 Å². The minimum atomic E-state index is -1.20. The Labute approximate surface area is 103 Å². The predicted molar refractivity (Wildman–Crippen MR) is 64.3 cm³/mol. The van der Waals surface area contributed by atoms with E-state index in [2.05, 4.69) is 5.32 Å². The minimum Gasteiger partial charge on any atom is -0.444 e. The van der Waals surface area contributed by atoms with Crippen LogP contribution in [-0.4, -0.2) is 28.9 Å². The summed E-state index contributed by atoms with van der Waals surface area (Å²) in [5.74, 6) is 0. The van der Waals surface area contributed by atoms with E-state index in [4.69, 9.17) is 10.00 Å². The number of nitriles is 1. The molecule has 0 unspecified atom stereocenters. The molecular formula is C12H22N2O3. The number of aliphatic hydroxyl groups is 1. The molecule has 98 valence electrons. The van der Waals surface area contributed by atoms with E-state index >= 15 is 0 Å². The highest BCUT2D eigenvalue weighted by molar-refractivity contribution is 5.68. The van der Waals surface area contributed by atoms with Crippen molar-refractivity contribution in [2.45, 2.75) is 64.7 Å². The van der Waals surface area contributed by atoms with Gasteiger partial charge in [0.15, 0.2) is 6.10 Å². The van der Waals surface area contributed by atoms with Crippen LogP contribution in [0.2, 0.25) is 0 Å². The van der Waals surface area contributed by atoms with E-state index in [1.54, 1.807) is 26.8 Å². The van der Waals surface area contributed by atoms with Gasteiger partial charge in [0.2, 0.25) is 0 Å². The summed E-state index contributed by atoms with van der Waals surface area (Å²) in [6.07, 6.45) is 0.524. The van der Waals surface area contributed by atoms with Crippen molar-refractivity contribution in [2.75, 3.05) is 0 Å². The topological polar surface area (TPSA) is 82.3 Å². The second kappa shape index (κ2) is 7.13. The summed E-state index contributed by atoms with van der Waals surface area (Å²) in [7, 11) is 0. The maximum Gasteiger partial charge on any atom is 0.407 e. The van der Waals surface area contributed by atoms with E-state index in [-0.39, 0.29) is 0 Å². The van der Waals surface area contributed by atoms with Gasteiger partial charge in [-0.25, -0.2) is 4.79 Å². The first kappa shape index (κ1) is 15.7. The van der Waals surface area contributed by atoms with E-state index in [0.29, 0.717) is 6.42 Å². The summed E-state index contributed by atoms with van der Waals surface area (Å²) in [5, 5.41) is 20.6. The molecule has 5 nitrogen and oxygen atoms in total. The largest absolute Gasteiger partial charge is 0.444 e. The van der Waals surface area contributed by atoms with Gasteiger partial charge in [0.05, 0.1) is 12.1 Å². The monoisotopic (exact) mass is 242 g/mol. The number of carbonyl (C=O) groups excluding carboxylic acids is 1. The normalized spacial score (nSPS) is 14.6. The van der Waals surface area contributed by atoms with Gasteiger partial charge in [0.25, 0.3) is 0 Å². The van der Waals surface area contributed by atoms with Crippen LogP contribution in [0.4, 0.5) is 4.79 Å². The van der Waals surface area contributed by atoms with E-state index in [0.717, 1.165) is 12.8 Å². The van der Waals surface area contributed by atoms with Crippen LogP contribution in [0.5, 0.6) is 0 Å². The fourth-order valence-corrected chi connectivity index (χ4v) is 1.28. The molecule has 17 heavy (non-hydrogen) atoms. The summed E-state index contributed by atoms with van der Waals surface area (Å²) in [6, 6.07) is 1.15. The van der Waals surface area contributed by atoms with E-state index in [9.17, 15) is 9.90 Å². The Balaban J connectivity index is 4.33. The maximum absolute atomic E-state index is 11.5. The molecule has 2 atom stereocenters. The Morgan fingerprint density at radius 3 is 2.53 bits per heavy atom. The quantitative estimate of drug-likeness (QED) is 0.722. The lowest BCUT2D eigenvalue weighted by Crippen LogP contribution is -2.45. The van der Waals surface area contributed by atoms with Crippen molar-refractivity contribution in [1.29, 1.82) is 5.26 Å². The van der Waals surface area contributed by atoms with Crippen LogP contribution >= 0.6 is 0 Å². The molecule has 0 saturated carbocycles. The predicted octanol–water partition coefficient (Wildman–Crippen LogP) is 1.95. The maximum atomic E-state index is 11.5. The number of hydrogen-bond donors (Lipinski definition) is 2. The molecule has 0 fully saturated rings. The Kier molecular flexibility index (Phi) is 6.59. The molecule has 0 bridgehead atoms. The van der Waals surface area contributed by atoms with Crippen molar-refractivity contribution in [3.63, 3.8) is 0 Å². The second-order valence-electron chi connectivity index (χ2n) is 4.97. The van der Waals surface area contributed by atoms with Gasteiger partial charge >= 0.3 is 6.09 Å². The second-order valence-corrected chi connectivity index (χ2v) is 4.97. The molecule has 5 heteroatoms. The average molecular weight is 242 g/mol. The van der Waals surface area contributed by atoms with Crippen LogP contribution in [0.1, 0.15) is 47.0 Å². The third-order valence-electron chi connectivity index (χ3n) is 2.08. The van der Waals surface area contributed by atoms with Crippen LogP contribution in [0.15, 0.2) is 0 Å². The molecular weight excluding hydrogens is 220 g/mol. The van der Waals surface area contributed by atoms with Crippen molar-refractivity contribution in [1.82, 2.24) is 5.32 Å². The van der Waals surface area contributed by atoms with Gasteiger partial charge in [-0.15, -0.1) is 0 Å². The molecule has 0 aliphatic rings. The Morgan fingerprint density at radius 2 is 2.12 bits per heavy atom. The molecule has 0 heterocycles. The Bertz CT molecular complexity index is 278. The summed E-state index contributed by atoms with van der Waals surface area (Å²) < 4.78 is 5.07. The fraction of sp³-hybridized carbons (Fsp3) is 0.833. The number of rotatable bonds is 5. The van der Waals surface area contributed by atoms with Crippen molar-refractivity contribution < 1.29 is 14.6 Å². The van der Waals surface area contributed by atoms with Crippen LogP contribution < -0.4 is 5.32 Å². The molecule has 0 radical (unpaired) electrons. The fourth-order valence-electron chi connectivity index (χ4n) is 1.28. The lowest BCUT2D eigenvalue weighted by Gasteiger charge is -2.24. The molecule has 0 aliphatic heterocycles. The standard InChI is InChI=1S/C12H22N2O3/c1-5-6-7-9(10(15)8-13)14-11(16)17-12(2,3)4/h9-10,15H,5-7H2,1-4H3,(H,14,16)/t9-,10+/m0/s1.